The zero-order valence-corrected chi connectivity index (χ0v) is 13.2. The minimum absolute atomic E-state index is 0.188. The van der Waals surface area contributed by atoms with Gasteiger partial charge < -0.3 is 15.2 Å². The van der Waals surface area contributed by atoms with Crippen molar-refractivity contribution < 1.29 is 29.0 Å². The lowest BCUT2D eigenvalue weighted by Gasteiger charge is -2.28. The molecule has 3 heterocycles. The van der Waals surface area contributed by atoms with Gasteiger partial charge in [0.25, 0.3) is 5.56 Å². The summed E-state index contributed by atoms with van der Waals surface area (Å²) in [6.45, 7) is 0. The van der Waals surface area contributed by atoms with Crippen molar-refractivity contribution in [1.82, 2.24) is 9.13 Å². The molecule has 2 atom stereocenters. The summed E-state index contributed by atoms with van der Waals surface area (Å²) in [6.07, 6.45) is -1.45. The molecule has 0 bridgehead atoms. The quantitative estimate of drug-likeness (QED) is 0.461. The Morgan fingerprint density at radius 1 is 1.24 bits per heavy atom. The molecule has 25 heavy (non-hydrogen) atoms. The number of rotatable bonds is 3. The largest absolute Gasteiger partial charge is 0.481 e. The number of hydrogen-bond donors (Lipinski definition) is 2. The third kappa shape index (κ3) is 2.05. The second-order valence-electron chi connectivity index (χ2n) is 5.98. The number of carboxylic acids is 1. The lowest BCUT2D eigenvalue weighted by molar-refractivity contribution is -0.155. The molecule has 0 aliphatic carbocycles. The van der Waals surface area contributed by atoms with Gasteiger partial charge in [-0.2, -0.15) is 0 Å². The number of carbonyl (C=O) groups excluding carboxylic acids is 3. The number of fused-ring (bicyclic) bond motifs is 1. The van der Waals surface area contributed by atoms with Crippen molar-refractivity contribution in [2.75, 3.05) is 5.32 Å². The highest BCUT2D eigenvalue weighted by Crippen LogP contribution is 2.46. The average Bonchev–Trinajstić information content (AvgIpc) is 3.00. The van der Waals surface area contributed by atoms with Gasteiger partial charge in [-0.15, -0.1) is 0 Å². The van der Waals surface area contributed by atoms with E-state index in [1.807, 2.05) is 0 Å². The van der Waals surface area contributed by atoms with E-state index in [-0.39, 0.29) is 11.4 Å². The molecule has 132 valence electrons. The molecule has 1 aromatic rings. The molecular weight excluding hydrogens is 338 g/mol. The molecule has 1 amide bonds. The predicted molar refractivity (Wildman–Crippen MR) is 78.7 cm³/mol. The van der Waals surface area contributed by atoms with E-state index in [1.54, 1.807) is 0 Å². The Hall–Kier alpha value is -3.24. The lowest BCUT2D eigenvalue weighted by Crippen LogP contribution is -2.50. The molecule has 0 saturated carbocycles. The van der Waals surface area contributed by atoms with Gasteiger partial charge in [-0.1, -0.05) is 0 Å². The first-order valence-corrected chi connectivity index (χ1v) is 7.19. The molecule has 11 heteroatoms. The first-order valence-electron chi connectivity index (χ1n) is 7.19. The SMILES string of the molecule is Cn1c2c(c(=O)n(C)c1=O)C(CC(=O)O)(C1CC(=O)OC1=O)C(=O)N2. The molecule has 1 saturated heterocycles. The summed E-state index contributed by atoms with van der Waals surface area (Å²) in [5.74, 6) is -6.05. The molecule has 0 aromatic carbocycles. The summed E-state index contributed by atoms with van der Waals surface area (Å²) in [6, 6.07) is 0. The van der Waals surface area contributed by atoms with E-state index in [9.17, 15) is 33.9 Å². The molecule has 0 spiro atoms. The molecule has 2 aliphatic heterocycles. The molecule has 2 aliphatic rings. The molecular formula is C14H13N3O8. The van der Waals surface area contributed by atoms with Crippen molar-refractivity contribution in [2.24, 2.45) is 20.0 Å². The smallest absolute Gasteiger partial charge is 0.332 e. The van der Waals surface area contributed by atoms with Gasteiger partial charge in [-0.05, 0) is 0 Å². The summed E-state index contributed by atoms with van der Waals surface area (Å²) in [5, 5.41) is 11.6. The number of carboxylic acid groups (broad SMARTS) is 1. The molecule has 1 aromatic heterocycles. The number of anilines is 1. The number of nitrogens with one attached hydrogen (secondary N) is 1. The van der Waals surface area contributed by atoms with Crippen LogP contribution in [0.15, 0.2) is 9.59 Å². The van der Waals surface area contributed by atoms with E-state index in [4.69, 9.17) is 0 Å². The van der Waals surface area contributed by atoms with Crippen LogP contribution >= 0.6 is 0 Å². The van der Waals surface area contributed by atoms with Crippen molar-refractivity contribution >= 4 is 29.6 Å². The third-order valence-corrected chi connectivity index (χ3v) is 4.64. The maximum atomic E-state index is 12.7. The lowest BCUT2D eigenvalue weighted by atomic mass is 9.68. The summed E-state index contributed by atoms with van der Waals surface area (Å²) >= 11 is 0. The van der Waals surface area contributed by atoms with E-state index in [1.165, 1.54) is 7.05 Å². The van der Waals surface area contributed by atoms with Crippen LogP contribution in [0.5, 0.6) is 0 Å². The van der Waals surface area contributed by atoms with Crippen LogP contribution in [-0.4, -0.2) is 38.1 Å². The summed E-state index contributed by atoms with van der Waals surface area (Å²) < 4.78 is 6.13. The van der Waals surface area contributed by atoms with Crippen LogP contribution in [0.4, 0.5) is 5.82 Å². The Balaban J connectivity index is 2.40. The number of hydrogen-bond acceptors (Lipinski definition) is 7. The monoisotopic (exact) mass is 351 g/mol. The minimum Gasteiger partial charge on any atom is -0.481 e. The van der Waals surface area contributed by atoms with Gasteiger partial charge in [0, 0.05) is 14.1 Å². The maximum absolute atomic E-state index is 12.7. The van der Waals surface area contributed by atoms with Crippen molar-refractivity contribution in [3.63, 3.8) is 0 Å². The fraction of sp³-hybridized carbons (Fsp3) is 0.429. The van der Waals surface area contributed by atoms with Crippen LogP contribution in [0.3, 0.4) is 0 Å². The Labute approximate surface area is 138 Å². The molecule has 0 radical (unpaired) electrons. The molecule has 2 N–H and O–H groups in total. The standard InChI is InChI=1S/C14H13N3O8/c1-16-9-8(10(21)17(2)13(16)24)14(4-6(18)19,12(23)15-9)5-3-7(20)25-11(5)22/h5H,3-4H2,1-2H3,(H,15,23)(H,18,19). The van der Waals surface area contributed by atoms with E-state index >= 15 is 0 Å². The predicted octanol–water partition coefficient (Wildman–Crippen LogP) is -2.16. The topological polar surface area (TPSA) is 154 Å². The minimum atomic E-state index is -2.13. The number of esters is 2. The molecule has 11 nitrogen and oxygen atoms in total. The number of aliphatic carboxylic acids is 1. The first-order chi connectivity index (χ1) is 11.6. The van der Waals surface area contributed by atoms with Gasteiger partial charge in [-0.25, -0.2) is 4.79 Å². The number of carbonyl (C=O) groups is 4. The van der Waals surface area contributed by atoms with Crippen molar-refractivity contribution in [3.05, 3.63) is 26.4 Å². The van der Waals surface area contributed by atoms with Crippen LogP contribution in [0.1, 0.15) is 18.4 Å². The first kappa shape index (κ1) is 16.6. The zero-order valence-electron chi connectivity index (χ0n) is 13.2. The van der Waals surface area contributed by atoms with Crippen LogP contribution in [0.25, 0.3) is 0 Å². The summed E-state index contributed by atoms with van der Waals surface area (Å²) in [7, 11) is 2.45. The molecule has 3 rings (SSSR count). The highest BCUT2D eigenvalue weighted by Gasteiger charge is 2.62. The van der Waals surface area contributed by atoms with Crippen molar-refractivity contribution in [1.29, 1.82) is 0 Å². The Morgan fingerprint density at radius 3 is 2.40 bits per heavy atom. The molecule has 2 unspecified atom stereocenters. The van der Waals surface area contributed by atoms with Gasteiger partial charge in [0.05, 0.1) is 24.3 Å². The van der Waals surface area contributed by atoms with Crippen molar-refractivity contribution in [3.8, 4) is 0 Å². The normalized spacial score (nSPS) is 24.9. The van der Waals surface area contributed by atoms with Gasteiger partial charge in [-0.3, -0.25) is 33.1 Å². The fourth-order valence-corrected chi connectivity index (χ4v) is 3.44. The highest BCUT2D eigenvalue weighted by atomic mass is 16.6. The number of ether oxygens (including phenoxy) is 1. The number of nitrogens with zero attached hydrogens (tertiary/aromatic N) is 2. The second-order valence-corrected chi connectivity index (χ2v) is 5.98. The van der Waals surface area contributed by atoms with Gasteiger partial charge in [0.15, 0.2) is 0 Å². The molecule has 1 fully saturated rings. The fourth-order valence-electron chi connectivity index (χ4n) is 3.44. The average molecular weight is 351 g/mol. The Morgan fingerprint density at radius 2 is 1.88 bits per heavy atom. The maximum Gasteiger partial charge on any atom is 0.332 e. The highest BCUT2D eigenvalue weighted by molar-refractivity contribution is 6.11. The van der Waals surface area contributed by atoms with E-state index in [0.717, 1.165) is 11.6 Å². The van der Waals surface area contributed by atoms with Crippen LogP contribution < -0.4 is 16.6 Å². The Kier molecular flexibility index (Phi) is 3.41. The van der Waals surface area contributed by atoms with Crippen LogP contribution in [0.2, 0.25) is 0 Å². The zero-order chi connectivity index (χ0) is 18.7. The van der Waals surface area contributed by atoms with E-state index < -0.39 is 59.2 Å². The summed E-state index contributed by atoms with van der Waals surface area (Å²) in [4.78, 5) is 72.3. The van der Waals surface area contributed by atoms with Gasteiger partial charge in [0.2, 0.25) is 5.91 Å². The third-order valence-electron chi connectivity index (χ3n) is 4.64. The number of amides is 1. The summed E-state index contributed by atoms with van der Waals surface area (Å²) in [5.41, 5.74) is -4.11. The van der Waals surface area contributed by atoms with Gasteiger partial charge >= 0.3 is 23.6 Å². The second kappa shape index (κ2) is 5.13. The number of cyclic esters (lactones) is 2. The van der Waals surface area contributed by atoms with Crippen LogP contribution in [0, 0.1) is 5.92 Å². The Bertz CT molecular complexity index is 972. The van der Waals surface area contributed by atoms with E-state index in [2.05, 4.69) is 10.1 Å². The number of aromatic nitrogens is 2. The van der Waals surface area contributed by atoms with E-state index in [0.29, 0.717) is 4.57 Å². The van der Waals surface area contributed by atoms with Gasteiger partial charge in [0.1, 0.15) is 11.2 Å². The van der Waals surface area contributed by atoms with Crippen LogP contribution in [-0.2, 0) is 43.4 Å². The van der Waals surface area contributed by atoms with Crippen molar-refractivity contribution in [2.45, 2.75) is 18.3 Å².